The van der Waals surface area contributed by atoms with Gasteiger partial charge in [-0.2, -0.15) is 0 Å². The highest BCUT2D eigenvalue weighted by molar-refractivity contribution is 5.72. The Morgan fingerprint density at radius 2 is 2.05 bits per heavy atom. The molecule has 0 saturated carbocycles. The Morgan fingerprint density at radius 1 is 1.38 bits per heavy atom. The van der Waals surface area contributed by atoms with Crippen molar-refractivity contribution in [3.05, 3.63) is 29.6 Å². The molecule has 1 N–H and O–H groups in total. The zero-order chi connectivity index (χ0) is 15.8. The van der Waals surface area contributed by atoms with Gasteiger partial charge < -0.3 is 9.84 Å². The number of carboxylic acids is 1. The Kier molecular flexibility index (Phi) is 4.23. The van der Waals surface area contributed by atoms with Crippen LogP contribution in [0.5, 0.6) is 5.75 Å². The lowest BCUT2D eigenvalue weighted by atomic mass is 9.88. The Balaban J connectivity index is 2.41. The maximum absolute atomic E-state index is 13.6. The van der Waals surface area contributed by atoms with E-state index in [1.165, 1.54) is 19.2 Å². The van der Waals surface area contributed by atoms with Crippen molar-refractivity contribution < 1.29 is 19.0 Å². The van der Waals surface area contributed by atoms with Crippen LogP contribution in [0.1, 0.15) is 32.3 Å². The molecule has 4 nitrogen and oxygen atoms in total. The molecule has 21 heavy (non-hydrogen) atoms. The second kappa shape index (κ2) is 5.64. The fourth-order valence-electron chi connectivity index (χ4n) is 2.91. The van der Waals surface area contributed by atoms with Crippen LogP contribution in [0.2, 0.25) is 0 Å². The van der Waals surface area contributed by atoms with Gasteiger partial charge in [-0.25, -0.2) is 4.39 Å². The smallest absolute Gasteiger partial charge is 0.308 e. The Labute approximate surface area is 124 Å². The number of likely N-dealkylation sites (tertiary alicyclic amines) is 1. The third-order valence-electron chi connectivity index (χ3n) is 4.18. The highest BCUT2D eigenvalue weighted by atomic mass is 19.1. The summed E-state index contributed by atoms with van der Waals surface area (Å²) in [6.07, 6.45) is 0. The number of carbonyl (C=O) groups is 1. The van der Waals surface area contributed by atoms with Crippen LogP contribution in [-0.2, 0) is 4.79 Å². The predicted octanol–water partition coefficient (Wildman–Crippen LogP) is 2.73. The van der Waals surface area contributed by atoms with Crippen molar-refractivity contribution in [1.29, 1.82) is 0 Å². The van der Waals surface area contributed by atoms with E-state index in [2.05, 4.69) is 25.7 Å². The quantitative estimate of drug-likeness (QED) is 0.931. The Bertz CT molecular complexity index is 539. The largest absolute Gasteiger partial charge is 0.496 e. The van der Waals surface area contributed by atoms with Crippen LogP contribution >= 0.6 is 0 Å². The van der Waals surface area contributed by atoms with Crippen molar-refractivity contribution in [2.75, 3.05) is 20.2 Å². The first-order valence-electron chi connectivity index (χ1n) is 7.05. The molecule has 0 radical (unpaired) electrons. The molecule has 1 aromatic carbocycles. The van der Waals surface area contributed by atoms with E-state index in [9.17, 15) is 14.3 Å². The molecule has 5 heteroatoms. The van der Waals surface area contributed by atoms with E-state index in [0.29, 0.717) is 24.4 Å². The summed E-state index contributed by atoms with van der Waals surface area (Å²) < 4.78 is 18.9. The van der Waals surface area contributed by atoms with Crippen molar-refractivity contribution in [2.24, 2.45) is 5.92 Å². The third kappa shape index (κ3) is 3.18. The maximum atomic E-state index is 13.6. The second-order valence-corrected chi connectivity index (χ2v) is 6.51. The molecule has 1 heterocycles. The van der Waals surface area contributed by atoms with Gasteiger partial charge in [-0.05, 0) is 39.0 Å². The Morgan fingerprint density at radius 3 is 2.57 bits per heavy atom. The topological polar surface area (TPSA) is 49.8 Å². The summed E-state index contributed by atoms with van der Waals surface area (Å²) in [6.45, 7) is 7.20. The monoisotopic (exact) mass is 295 g/mol. The van der Waals surface area contributed by atoms with Gasteiger partial charge in [0, 0.05) is 30.1 Å². The lowest BCUT2D eigenvalue weighted by Gasteiger charge is -2.31. The van der Waals surface area contributed by atoms with Crippen molar-refractivity contribution >= 4 is 5.97 Å². The summed E-state index contributed by atoms with van der Waals surface area (Å²) in [4.78, 5) is 13.7. The molecule has 1 aliphatic heterocycles. The van der Waals surface area contributed by atoms with Gasteiger partial charge in [-0.1, -0.05) is 0 Å². The molecule has 1 fully saturated rings. The fraction of sp³-hybridized carbons (Fsp3) is 0.562. The number of methoxy groups -OCH3 is 1. The van der Waals surface area contributed by atoms with Crippen LogP contribution in [0.15, 0.2) is 18.2 Å². The molecule has 2 rings (SSSR count). The molecule has 1 saturated heterocycles. The first-order chi connectivity index (χ1) is 9.74. The third-order valence-corrected chi connectivity index (χ3v) is 4.18. The molecule has 1 aromatic rings. The van der Waals surface area contributed by atoms with Crippen LogP contribution in [0, 0.1) is 11.7 Å². The van der Waals surface area contributed by atoms with Crippen LogP contribution in [-0.4, -0.2) is 41.7 Å². The number of benzene rings is 1. The average Bonchev–Trinajstić information content (AvgIpc) is 2.83. The fourth-order valence-corrected chi connectivity index (χ4v) is 2.91. The van der Waals surface area contributed by atoms with Crippen LogP contribution < -0.4 is 4.74 Å². The van der Waals surface area contributed by atoms with Crippen molar-refractivity contribution in [3.63, 3.8) is 0 Å². The van der Waals surface area contributed by atoms with Crippen LogP contribution in [0.3, 0.4) is 0 Å². The first kappa shape index (κ1) is 15.8. The van der Waals surface area contributed by atoms with Gasteiger partial charge in [0.05, 0.1) is 13.0 Å². The predicted molar refractivity (Wildman–Crippen MR) is 78.1 cm³/mol. The van der Waals surface area contributed by atoms with E-state index in [-0.39, 0.29) is 17.3 Å². The van der Waals surface area contributed by atoms with E-state index >= 15 is 0 Å². The molecular weight excluding hydrogens is 273 g/mol. The molecule has 0 bridgehead atoms. The molecule has 1 aliphatic rings. The second-order valence-electron chi connectivity index (χ2n) is 6.51. The van der Waals surface area contributed by atoms with E-state index < -0.39 is 11.9 Å². The minimum absolute atomic E-state index is 0.122. The number of carboxylic acid groups (broad SMARTS) is 1. The Hall–Kier alpha value is -1.62. The van der Waals surface area contributed by atoms with Gasteiger partial charge in [0.1, 0.15) is 11.6 Å². The van der Waals surface area contributed by atoms with Gasteiger partial charge in [-0.3, -0.25) is 9.69 Å². The van der Waals surface area contributed by atoms with Gasteiger partial charge in [0.15, 0.2) is 0 Å². The molecule has 0 aliphatic carbocycles. The number of hydrogen-bond donors (Lipinski definition) is 1. The number of aliphatic carboxylic acids is 1. The number of halogens is 1. The van der Waals surface area contributed by atoms with Gasteiger partial charge in [0.25, 0.3) is 0 Å². The molecule has 0 amide bonds. The summed E-state index contributed by atoms with van der Waals surface area (Å²) in [6, 6.07) is 4.28. The van der Waals surface area contributed by atoms with E-state index in [1.807, 2.05) is 0 Å². The summed E-state index contributed by atoms with van der Waals surface area (Å²) in [5, 5.41) is 9.50. The standard InChI is InChI=1S/C16H22FNO3/c1-16(2,3)18-8-12(13(9-18)15(19)20)11-7-10(17)5-6-14(11)21-4/h5-7,12-13H,8-9H2,1-4H3,(H,19,20)/t12-,13+/m1/s1. The number of hydrogen-bond acceptors (Lipinski definition) is 3. The van der Waals surface area contributed by atoms with Crippen LogP contribution in [0.25, 0.3) is 0 Å². The lowest BCUT2D eigenvalue weighted by Crippen LogP contribution is -2.40. The van der Waals surface area contributed by atoms with Crippen LogP contribution in [0.4, 0.5) is 4.39 Å². The molecule has 0 unspecified atom stereocenters. The van der Waals surface area contributed by atoms with Crippen molar-refractivity contribution in [2.45, 2.75) is 32.2 Å². The van der Waals surface area contributed by atoms with Gasteiger partial charge >= 0.3 is 5.97 Å². The summed E-state index contributed by atoms with van der Waals surface area (Å²) in [5.41, 5.74) is 0.514. The van der Waals surface area contributed by atoms with Crippen molar-refractivity contribution in [3.8, 4) is 5.75 Å². The minimum atomic E-state index is -0.849. The number of ether oxygens (including phenoxy) is 1. The number of nitrogens with zero attached hydrogens (tertiary/aromatic N) is 1. The average molecular weight is 295 g/mol. The summed E-state index contributed by atoms with van der Waals surface area (Å²) >= 11 is 0. The highest BCUT2D eigenvalue weighted by Gasteiger charge is 2.43. The highest BCUT2D eigenvalue weighted by Crippen LogP contribution is 2.40. The normalized spacial score (nSPS) is 23.3. The first-order valence-corrected chi connectivity index (χ1v) is 7.05. The maximum Gasteiger partial charge on any atom is 0.308 e. The van der Waals surface area contributed by atoms with E-state index in [0.717, 1.165) is 0 Å². The zero-order valence-electron chi connectivity index (χ0n) is 12.9. The van der Waals surface area contributed by atoms with E-state index in [4.69, 9.17) is 4.74 Å². The molecule has 0 aromatic heterocycles. The molecule has 116 valence electrons. The lowest BCUT2D eigenvalue weighted by molar-refractivity contribution is -0.141. The summed E-state index contributed by atoms with van der Waals surface area (Å²) in [7, 11) is 1.52. The SMILES string of the molecule is COc1ccc(F)cc1[C@H]1CN(C(C)(C)C)C[C@@H]1C(=O)O. The number of rotatable bonds is 3. The van der Waals surface area contributed by atoms with Gasteiger partial charge in [0.2, 0.25) is 0 Å². The van der Waals surface area contributed by atoms with E-state index in [1.54, 1.807) is 6.07 Å². The molecule has 0 spiro atoms. The zero-order valence-corrected chi connectivity index (χ0v) is 12.9. The molecule has 2 atom stereocenters. The summed E-state index contributed by atoms with van der Waals surface area (Å²) in [5.74, 6) is -1.50. The minimum Gasteiger partial charge on any atom is -0.496 e. The molecular formula is C16H22FNO3. The van der Waals surface area contributed by atoms with Gasteiger partial charge in [-0.15, -0.1) is 0 Å². The van der Waals surface area contributed by atoms with Crippen molar-refractivity contribution in [1.82, 2.24) is 4.90 Å².